The Morgan fingerprint density at radius 1 is 1.33 bits per heavy atom. The van der Waals surface area contributed by atoms with Gasteiger partial charge in [-0.2, -0.15) is 0 Å². The molecule has 0 aliphatic heterocycles. The Morgan fingerprint density at radius 2 is 1.89 bits per heavy atom. The van der Waals surface area contributed by atoms with E-state index in [0.29, 0.717) is 0 Å². The van der Waals surface area contributed by atoms with Crippen molar-refractivity contribution < 1.29 is 0 Å². The van der Waals surface area contributed by atoms with Crippen molar-refractivity contribution in [2.45, 2.75) is 38.3 Å². The summed E-state index contributed by atoms with van der Waals surface area (Å²) in [7, 11) is 1.27. The van der Waals surface area contributed by atoms with Gasteiger partial charge in [-0.05, 0) is 24.7 Å². The lowest BCUT2D eigenvalue weighted by atomic mass is 10.4. The third-order valence-electron chi connectivity index (χ3n) is 1.85. The van der Waals surface area contributed by atoms with Crippen molar-refractivity contribution in [3.05, 3.63) is 0 Å². The summed E-state index contributed by atoms with van der Waals surface area (Å²) in [6.45, 7) is 2.30. The van der Waals surface area contributed by atoms with Crippen LogP contribution in [0.25, 0.3) is 0 Å². The summed E-state index contributed by atoms with van der Waals surface area (Å²) in [5.74, 6) is 0. The molecule has 0 saturated heterocycles. The number of halogens is 1. The van der Waals surface area contributed by atoms with E-state index in [0.717, 1.165) is 5.66 Å². The van der Waals surface area contributed by atoms with Crippen molar-refractivity contribution in [1.82, 2.24) is 0 Å². The van der Waals surface area contributed by atoms with Crippen LogP contribution in [0.4, 0.5) is 0 Å². The molecule has 0 amide bonds. The summed E-state index contributed by atoms with van der Waals surface area (Å²) in [4.78, 5) is 0. The molecule has 1 aliphatic rings. The average Bonchev–Trinajstić information content (AvgIpc) is 2.19. The Kier molecular flexibility index (Phi) is 5.94. The van der Waals surface area contributed by atoms with E-state index in [9.17, 15) is 0 Å². The van der Waals surface area contributed by atoms with Crippen LogP contribution >= 0.6 is 21.0 Å². The number of hydrogen-bond donors (Lipinski definition) is 0. The lowest BCUT2D eigenvalue weighted by Crippen LogP contribution is -1.89. The van der Waals surface area contributed by atoms with E-state index < -0.39 is 0 Å². The van der Waals surface area contributed by atoms with Crippen LogP contribution in [-0.4, -0.2) is 11.8 Å². The maximum absolute atomic E-state index is 2.30. The Hall–Kier alpha value is 0.720. The SMILES string of the molecule is CCPC1CCCC1.Cl. The standard InChI is InChI=1S/C7H15P.ClH/c1-2-8-7-5-3-4-6-7;/h7-8H,2-6H2,1H3;1H. The first kappa shape index (κ1) is 9.72. The van der Waals surface area contributed by atoms with E-state index in [2.05, 4.69) is 6.92 Å². The fraction of sp³-hybridized carbons (Fsp3) is 1.00. The highest BCUT2D eigenvalue weighted by Gasteiger charge is 2.12. The third-order valence-corrected chi connectivity index (χ3v) is 3.41. The van der Waals surface area contributed by atoms with Crippen LogP contribution in [-0.2, 0) is 0 Å². The van der Waals surface area contributed by atoms with Crippen LogP contribution in [0.2, 0.25) is 0 Å². The molecule has 2 heteroatoms. The molecule has 0 aromatic rings. The van der Waals surface area contributed by atoms with E-state index in [4.69, 9.17) is 0 Å². The van der Waals surface area contributed by atoms with Gasteiger partial charge in [0.1, 0.15) is 0 Å². The maximum atomic E-state index is 2.30. The Labute approximate surface area is 66.0 Å². The minimum atomic E-state index is 0. The van der Waals surface area contributed by atoms with Crippen molar-refractivity contribution in [3.8, 4) is 0 Å². The van der Waals surface area contributed by atoms with Gasteiger partial charge in [-0.15, -0.1) is 21.0 Å². The van der Waals surface area contributed by atoms with Gasteiger partial charge in [-0.1, -0.05) is 19.8 Å². The van der Waals surface area contributed by atoms with Crippen LogP contribution in [0.1, 0.15) is 32.6 Å². The second-order valence-electron chi connectivity index (χ2n) is 2.54. The molecular weight excluding hydrogens is 151 g/mol. The van der Waals surface area contributed by atoms with Crippen molar-refractivity contribution in [2.75, 3.05) is 6.16 Å². The molecule has 1 saturated carbocycles. The van der Waals surface area contributed by atoms with Crippen LogP contribution < -0.4 is 0 Å². The number of rotatable bonds is 2. The molecule has 1 unspecified atom stereocenters. The molecule has 0 spiro atoms. The lowest BCUT2D eigenvalue weighted by molar-refractivity contribution is 0.886. The molecule has 0 aromatic heterocycles. The smallest absolute Gasteiger partial charge is 0.0237 e. The predicted molar refractivity (Wildman–Crippen MR) is 48.4 cm³/mol. The summed E-state index contributed by atoms with van der Waals surface area (Å²) in [6.07, 6.45) is 7.51. The molecule has 0 radical (unpaired) electrons. The van der Waals surface area contributed by atoms with Gasteiger partial charge < -0.3 is 0 Å². The molecular formula is C7H16ClP. The molecule has 1 rings (SSSR count). The van der Waals surface area contributed by atoms with Gasteiger partial charge in [-0.3, -0.25) is 0 Å². The largest absolute Gasteiger partial charge is 0.147 e. The topological polar surface area (TPSA) is 0 Å². The summed E-state index contributed by atoms with van der Waals surface area (Å²) >= 11 is 0. The molecule has 0 aromatic carbocycles. The van der Waals surface area contributed by atoms with Gasteiger partial charge in [0.05, 0.1) is 0 Å². The van der Waals surface area contributed by atoms with Crippen molar-refractivity contribution in [1.29, 1.82) is 0 Å². The molecule has 56 valence electrons. The quantitative estimate of drug-likeness (QED) is 0.554. The van der Waals surface area contributed by atoms with Gasteiger partial charge in [0.25, 0.3) is 0 Å². The summed E-state index contributed by atoms with van der Waals surface area (Å²) in [5, 5.41) is 0. The molecule has 9 heavy (non-hydrogen) atoms. The van der Waals surface area contributed by atoms with Crippen LogP contribution in [0.3, 0.4) is 0 Å². The first-order valence-corrected chi connectivity index (χ1v) is 4.95. The maximum Gasteiger partial charge on any atom is -0.0237 e. The highest BCUT2D eigenvalue weighted by atomic mass is 35.5. The second kappa shape index (κ2) is 5.50. The van der Waals surface area contributed by atoms with Gasteiger partial charge in [0.2, 0.25) is 0 Å². The third kappa shape index (κ3) is 3.43. The second-order valence-corrected chi connectivity index (χ2v) is 4.47. The van der Waals surface area contributed by atoms with Gasteiger partial charge >= 0.3 is 0 Å². The van der Waals surface area contributed by atoms with E-state index in [-0.39, 0.29) is 12.4 Å². The van der Waals surface area contributed by atoms with E-state index in [1.807, 2.05) is 0 Å². The average molecular weight is 167 g/mol. The van der Waals surface area contributed by atoms with Gasteiger partial charge in [0.15, 0.2) is 0 Å². The number of hydrogen-bond acceptors (Lipinski definition) is 0. The Morgan fingerprint density at radius 3 is 2.33 bits per heavy atom. The molecule has 0 nitrogen and oxygen atoms in total. The highest BCUT2D eigenvalue weighted by molar-refractivity contribution is 7.38. The zero-order valence-corrected chi connectivity index (χ0v) is 7.84. The molecule has 1 aliphatic carbocycles. The Bertz CT molecular complexity index is 59.9. The predicted octanol–water partition coefficient (Wildman–Crippen LogP) is 3.05. The summed E-state index contributed by atoms with van der Waals surface area (Å²) in [6, 6.07) is 0. The molecule has 0 N–H and O–H groups in total. The van der Waals surface area contributed by atoms with E-state index in [1.54, 1.807) is 0 Å². The van der Waals surface area contributed by atoms with Crippen molar-refractivity contribution >= 4 is 21.0 Å². The minimum absolute atomic E-state index is 0. The lowest BCUT2D eigenvalue weighted by Gasteiger charge is -2.03. The highest BCUT2D eigenvalue weighted by Crippen LogP contribution is 2.33. The molecule has 0 bridgehead atoms. The van der Waals surface area contributed by atoms with Crippen molar-refractivity contribution in [3.63, 3.8) is 0 Å². The monoisotopic (exact) mass is 166 g/mol. The Balaban J connectivity index is 0.000000640. The first-order chi connectivity index (χ1) is 3.93. The fourth-order valence-electron chi connectivity index (χ4n) is 1.42. The minimum Gasteiger partial charge on any atom is -0.147 e. The summed E-state index contributed by atoms with van der Waals surface area (Å²) in [5.41, 5.74) is 1.14. The zero-order valence-electron chi connectivity index (χ0n) is 6.02. The van der Waals surface area contributed by atoms with Crippen LogP contribution in [0, 0.1) is 0 Å². The van der Waals surface area contributed by atoms with Crippen LogP contribution in [0.15, 0.2) is 0 Å². The molecule has 1 atom stereocenters. The van der Waals surface area contributed by atoms with Gasteiger partial charge in [-0.25, -0.2) is 0 Å². The normalized spacial score (nSPS) is 21.0. The van der Waals surface area contributed by atoms with Gasteiger partial charge in [0, 0.05) is 0 Å². The summed E-state index contributed by atoms with van der Waals surface area (Å²) < 4.78 is 0. The van der Waals surface area contributed by atoms with Crippen LogP contribution in [0.5, 0.6) is 0 Å². The molecule has 1 fully saturated rings. The zero-order chi connectivity index (χ0) is 5.82. The fourth-order valence-corrected chi connectivity index (χ4v) is 2.81. The van der Waals surface area contributed by atoms with E-state index >= 15 is 0 Å². The molecule has 0 heterocycles. The first-order valence-electron chi connectivity index (χ1n) is 3.67. The van der Waals surface area contributed by atoms with Crippen molar-refractivity contribution in [2.24, 2.45) is 0 Å². The van der Waals surface area contributed by atoms with E-state index in [1.165, 1.54) is 40.4 Å².